The normalized spacial score (nSPS) is 30.7. The van der Waals surface area contributed by atoms with Gasteiger partial charge < -0.3 is 14.6 Å². The second-order valence-corrected chi connectivity index (χ2v) is 5.60. The molecule has 0 aliphatic carbocycles. The first-order valence-corrected chi connectivity index (χ1v) is 6.37. The van der Waals surface area contributed by atoms with Crippen LogP contribution in [0.2, 0.25) is 0 Å². The summed E-state index contributed by atoms with van der Waals surface area (Å²) in [4.78, 5) is 22.6. The topological polar surface area (TPSA) is 72.8 Å². The third-order valence-corrected chi connectivity index (χ3v) is 3.62. The van der Waals surface area contributed by atoms with Crippen LogP contribution in [0.3, 0.4) is 0 Å². The van der Waals surface area contributed by atoms with Crippen LogP contribution in [-0.4, -0.2) is 35.9 Å². The first-order valence-electron chi connectivity index (χ1n) is 6.37. The summed E-state index contributed by atoms with van der Waals surface area (Å²) in [6, 6.07) is 0. The monoisotopic (exact) mass is 270 g/mol. The zero-order valence-electron chi connectivity index (χ0n) is 12.1. The fourth-order valence-corrected chi connectivity index (χ4v) is 2.23. The lowest BCUT2D eigenvalue weighted by molar-refractivity contribution is -0.187. The van der Waals surface area contributed by atoms with Gasteiger partial charge in [-0.25, -0.2) is 0 Å². The number of aliphatic hydroxyl groups excluding tert-OH is 1. The maximum Gasteiger partial charge on any atom is 0.314 e. The number of carbonyl (C=O) groups excluding carboxylic acids is 2. The van der Waals surface area contributed by atoms with E-state index in [2.05, 4.69) is 0 Å². The third-order valence-electron chi connectivity index (χ3n) is 3.62. The standard InChI is InChI=1S/C14H22O5/c1-8(6-7-18-10(3)15)11-9(2)12(16)14(4,5)13(17)19-11/h6,9,11-12,16H,7H2,1-5H3/b8-6+/t9-,11-,12-/m1/s1. The van der Waals surface area contributed by atoms with Gasteiger partial charge in [0.1, 0.15) is 12.7 Å². The Labute approximate surface area is 113 Å². The van der Waals surface area contributed by atoms with E-state index in [1.54, 1.807) is 26.8 Å². The van der Waals surface area contributed by atoms with Gasteiger partial charge >= 0.3 is 11.9 Å². The summed E-state index contributed by atoms with van der Waals surface area (Å²) in [5.74, 6) is -0.983. The van der Waals surface area contributed by atoms with Gasteiger partial charge in [-0.15, -0.1) is 0 Å². The summed E-state index contributed by atoms with van der Waals surface area (Å²) in [5, 5.41) is 10.2. The number of esters is 2. The Bertz CT molecular complexity index is 397. The van der Waals surface area contributed by atoms with E-state index in [-0.39, 0.29) is 18.5 Å². The van der Waals surface area contributed by atoms with Gasteiger partial charge in [-0.3, -0.25) is 9.59 Å². The summed E-state index contributed by atoms with van der Waals surface area (Å²) in [5.41, 5.74) is -0.122. The van der Waals surface area contributed by atoms with E-state index in [1.807, 2.05) is 6.92 Å². The van der Waals surface area contributed by atoms with Crippen LogP contribution in [0, 0.1) is 11.3 Å². The van der Waals surface area contributed by atoms with Gasteiger partial charge in [0, 0.05) is 12.8 Å². The van der Waals surface area contributed by atoms with Crippen LogP contribution in [-0.2, 0) is 19.1 Å². The number of hydrogen-bond donors (Lipinski definition) is 1. The minimum absolute atomic E-state index is 0.140. The van der Waals surface area contributed by atoms with Crippen LogP contribution < -0.4 is 0 Å². The van der Waals surface area contributed by atoms with Crippen molar-refractivity contribution in [2.75, 3.05) is 6.61 Å². The average Bonchev–Trinajstić information content (AvgIpc) is 2.31. The Kier molecular flexibility index (Phi) is 4.74. The Morgan fingerprint density at radius 2 is 2.05 bits per heavy atom. The molecule has 1 aliphatic heterocycles. The molecule has 3 atom stereocenters. The van der Waals surface area contributed by atoms with Crippen LogP contribution in [0.4, 0.5) is 0 Å². The minimum Gasteiger partial charge on any atom is -0.462 e. The average molecular weight is 270 g/mol. The van der Waals surface area contributed by atoms with Gasteiger partial charge in [0.2, 0.25) is 0 Å². The number of ether oxygens (including phenoxy) is 2. The molecule has 0 bridgehead atoms. The summed E-state index contributed by atoms with van der Waals surface area (Å²) < 4.78 is 10.2. The summed E-state index contributed by atoms with van der Waals surface area (Å²) in [6.45, 7) is 8.45. The van der Waals surface area contributed by atoms with Gasteiger partial charge in [-0.05, 0) is 32.4 Å². The van der Waals surface area contributed by atoms with E-state index in [9.17, 15) is 14.7 Å². The molecular weight excluding hydrogens is 248 g/mol. The largest absolute Gasteiger partial charge is 0.462 e. The predicted octanol–water partition coefficient (Wildman–Crippen LogP) is 1.44. The van der Waals surface area contributed by atoms with Crippen LogP contribution >= 0.6 is 0 Å². The van der Waals surface area contributed by atoms with Crippen molar-refractivity contribution in [3.8, 4) is 0 Å². The van der Waals surface area contributed by atoms with Crippen molar-refractivity contribution in [1.29, 1.82) is 0 Å². The molecule has 1 N–H and O–H groups in total. The second kappa shape index (κ2) is 5.74. The molecule has 1 saturated heterocycles. The van der Waals surface area contributed by atoms with Crippen molar-refractivity contribution in [2.24, 2.45) is 11.3 Å². The van der Waals surface area contributed by atoms with Crippen LogP contribution in [0.1, 0.15) is 34.6 Å². The van der Waals surface area contributed by atoms with Gasteiger partial charge in [0.25, 0.3) is 0 Å². The van der Waals surface area contributed by atoms with E-state index < -0.39 is 23.6 Å². The van der Waals surface area contributed by atoms with E-state index in [0.29, 0.717) is 0 Å². The molecule has 5 heteroatoms. The quantitative estimate of drug-likeness (QED) is 0.620. The Morgan fingerprint density at radius 3 is 2.58 bits per heavy atom. The molecule has 19 heavy (non-hydrogen) atoms. The highest BCUT2D eigenvalue weighted by Crippen LogP contribution is 2.37. The van der Waals surface area contributed by atoms with E-state index in [4.69, 9.17) is 9.47 Å². The molecule has 0 amide bonds. The molecule has 1 aliphatic rings. The number of cyclic esters (lactones) is 1. The second-order valence-electron chi connectivity index (χ2n) is 5.60. The third kappa shape index (κ3) is 3.35. The highest BCUT2D eigenvalue weighted by Gasteiger charge is 2.49. The van der Waals surface area contributed by atoms with Crippen molar-refractivity contribution in [3.05, 3.63) is 11.6 Å². The molecule has 0 aromatic rings. The maximum atomic E-state index is 11.9. The molecule has 1 rings (SSSR count). The molecule has 0 aromatic carbocycles. The summed E-state index contributed by atoms with van der Waals surface area (Å²) in [6.07, 6.45) is 0.447. The SMILES string of the molecule is CC(=O)OC/C=C(\C)[C@H]1OC(=O)C(C)(C)[C@H](O)[C@@H]1C. The molecule has 108 valence electrons. The first kappa shape index (κ1) is 15.7. The molecule has 0 spiro atoms. The Hall–Kier alpha value is -1.36. The highest BCUT2D eigenvalue weighted by molar-refractivity contribution is 5.78. The van der Waals surface area contributed by atoms with E-state index in [1.165, 1.54) is 6.92 Å². The maximum absolute atomic E-state index is 11.9. The molecule has 5 nitrogen and oxygen atoms in total. The Morgan fingerprint density at radius 1 is 1.47 bits per heavy atom. The molecular formula is C14H22O5. The van der Waals surface area contributed by atoms with E-state index >= 15 is 0 Å². The van der Waals surface area contributed by atoms with Crippen molar-refractivity contribution in [1.82, 2.24) is 0 Å². The first-order chi connectivity index (χ1) is 8.67. The zero-order valence-corrected chi connectivity index (χ0v) is 12.1. The lowest BCUT2D eigenvalue weighted by atomic mass is 9.74. The van der Waals surface area contributed by atoms with Gasteiger partial charge in [-0.1, -0.05) is 6.92 Å². The van der Waals surface area contributed by atoms with Crippen molar-refractivity contribution in [3.63, 3.8) is 0 Å². The molecule has 0 aromatic heterocycles. The lowest BCUT2D eigenvalue weighted by Gasteiger charge is -2.42. The molecule has 1 fully saturated rings. The molecule has 1 heterocycles. The zero-order chi connectivity index (χ0) is 14.8. The summed E-state index contributed by atoms with van der Waals surface area (Å²) >= 11 is 0. The van der Waals surface area contributed by atoms with Crippen molar-refractivity contribution in [2.45, 2.75) is 46.8 Å². The molecule has 0 radical (unpaired) electrons. The number of aliphatic hydroxyl groups is 1. The number of rotatable bonds is 3. The fourth-order valence-electron chi connectivity index (χ4n) is 2.23. The van der Waals surface area contributed by atoms with Crippen molar-refractivity contribution < 1.29 is 24.2 Å². The van der Waals surface area contributed by atoms with Crippen molar-refractivity contribution >= 4 is 11.9 Å². The van der Waals surface area contributed by atoms with E-state index in [0.717, 1.165) is 5.57 Å². The van der Waals surface area contributed by atoms with Crippen LogP contribution in [0.5, 0.6) is 0 Å². The number of carbonyl (C=O) groups is 2. The molecule has 0 saturated carbocycles. The number of hydrogen-bond acceptors (Lipinski definition) is 5. The predicted molar refractivity (Wildman–Crippen MR) is 69.2 cm³/mol. The van der Waals surface area contributed by atoms with Gasteiger partial charge in [0.15, 0.2) is 0 Å². The summed E-state index contributed by atoms with van der Waals surface area (Å²) in [7, 11) is 0. The van der Waals surface area contributed by atoms with Crippen LogP contribution in [0.15, 0.2) is 11.6 Å². The molecule has 0 unspecified atom stereocenters. The van der Waals surface area contributed by atoms with Crippen LogP contribution in [0.25, 0.3) is 0 Å². The van der Waals surface area contributed by atoms with Gasteiger partial charge in [0.05, 0.1) is 11.5 Å². The minimum atomic E-state index is -0.897. The smallest absolute Gasteiger partial charge is 0.314 e. The van der Waals surface area contributed by atoms with Gasteiger partial charge in [-0.2, -0.15) is 0 Å². The highest BCUT2D eigenvalue weighted by atomic mass is 16.6. The fraction of sp³-hybridized carbons (Fsp3) is 0.714. The Balaban J connectivity index is 2.79. The lowest BCUT2D eigenvalue weighted by Crippen LogP contribution is -2.53.